The number of thiazole rings is 1. The van der Waals surface area contributed by atoms with Crippen LogP contribution in [0, 0.1) is 0 Å². The van der Waals surface area contributed by atoms with E-state index in [1.807, 2.05) is 47.9 Å². The maximum atomic E-state index is 12.9. The summed E-state index contributed by atoms with van der Waals surface area (Å²) in [6, 6.07) is 11.3. The van der Waals surface area contributed by atoms with Gasteiger partial charge in [0.2, 0.25) is 0 Å². The maximum Gasteiger partial charge on any atom is 0.279 e. The van der Waals surface area contributed by atoms with Crippen LogP contribution in [0.4, 0.5) is 0 Å². The van der Waals surface area contributed by atoms with Gasteiger partial charge < -0.3 is 18.8 Å². The Morgan fingerprint density at radius 1 is 1.07 bits per heavy atom. The topological polar surface area (TPSA) is 62.1 Å². The van der Waals surface area contributed by atoms with Gasteiger partial charge in [0.1, 0.15) is 21.7 Å². The second kappa shape index (κ2) is 10.7. The third-order valence-electron chi connectivity index (χ3n) is 4.47. The van der Waals surface area contributed by atoms with Gasteiger partial charge >= 0.3 is 0 Å². The Labute approximate surface area is 184 Å². The summed E-state index contributed by atoms with van der Waals surface area (Å²) in [4.78, 5) is 19.0. The van der Waals surface area contributed by atoms with E-state index in [-0.39, 0.29) is 5.91 Å². The van der Waals surface area contributed by atoms with Crippen LogP contribution in [0.1, 0.15) is 24.2 Å². The molecular formula is C22H26N2O4S2. The van der Waals surface area contributed by atoms with Gasteiger partial charge in [-0.2, -0.15) is 4.99 Å². The number of hydrogen-bond donors (Lipinski definition) is 0. The van der Waals surface area contributed by atoms with Crippen molar-refractivity contribution in [1.82, 2.24) is 4.57 Å². The Balaban J connectivity index is 2.10. The smallest absolute Gasteiger partial charge is 0.279 e. The van der Waals surface area contributed by atoms with Crippen LogP contribution in [0.3, 0.4) is 0 Å². The second-order valence-electron chi connectivity index (χ2n) is 6.26. The number of aromatic nitrogens is 1. The molecule has 30 heavy (non-hydrogen) atoms. The van der Waals surface area contributed by atoms with Gasteiger partial charge in [-0.1, -0.05) is 18.3 Å². The molecule has 1 heterocycles. The molecule has 0 spiro atoms. The van der Waals surface area contributed by atoms with Crippen molar-refractivity contribution < 1.29 is 19.0 Å². The van der Waals surface area contributed by atoms with Crippen molar-refractivity contribution in [1.29, 1.82) is 0 Å². The third kappa shape index (κ3) is 4.88. The first-order valence-corrected chi connectivity index (χ1v) is 11.6. The van der Waals surface area contributed by atoms with Crippen molar-refractivity contribution in [2.75, 3.05) is 33.2 Å². The molecule has 0 atom stereocenters. The fourth-order valence-electron chi connectivity index (χ4n) is 3.06. The Hall–Kier alpha value is -2.29. The molecule has 3 rings (SSSR count). The summed E-state index contributed by atoms with van der Waals surface area (Å²) in [5.74, 6) is 2.13. The van der Waals surface area contributed by atoms with E-state index in [0.29, 0.717) is 35.9 Å². The molecule has 0 radical (unpaired) electrons. The lowest BCUT2D eigenvalue weighted by molar-refractivity contribution is 0.0996. The molecular weight excluding hydrogens is 420 g/mol. The SMILES string of the molecule is CCOCCn1c(=NC(=O)c2ccc(SCC)cc2)sc2c(OC)ccc(OC)c21. The predicted molar refractivity (Wildman–Crippen MR) is 122 cm³/mol. The van der Waals surface area contributed by atoms with Gasteiger partial charge in [0, 0.05) is 23.6 Å². The van der Waals surface area contributed by atoms with E-state index in [1.165, 1.54) is 11.3 Å². The van der Waals surface area contributed by atoms with Crippen LogP contribution in [0.2, 0.25) is 0 Å². The maximum absolute atomic E-state index is 12.9. The molecule has 2 aromatic carbocycles. The zero-order valence-corrected chi connectivity index (χ0v) is 19.3. The van der Waals surface area contributed by atoms with Crippen LogP contribution in [0.25, 0.3) is 10.2 Å². The predicted octanol–water partition coefficient (Wildman–Crippen LogP) is 4.61. The average molecular weight is 447 g/mol. The highest BCUT2D eigenvalue weighted by molar-refractivity contribution is 7.99. The normalized spacial score (nSPS) is 11.8. The molecule has 0 N–H and O–H groups in total. The average Bonchev–Trinajstić information content (AvgIpc) is 3.12. The molecule has 0 aliphatic heterocycles. The van der Waals surface area contributed by atoms with Crippen LogP contribution in [0.5, 0.6) is 11.5 Å². The lowest BCUT2D eigenvalue weighted by Crippen LogP contribution is -2.20. The number of rotatable bonds is 9. The summed E-state index contributed by atoms with van der Waals surface area (Å²) in [7, 11) is 3.26. The first-order chi connectivity index (χ1) is 14.6. The third-order valence-corrected chi connectivity index (χ3v) is 6.45. The number of methoxy groups -OCH3 is 2. The molecule has 1 aromatic heterocycles. The van der Waals surface area contributed by atoms with E-state index in [9.17, 15) is 4.79 Å². The van der Waals surface area contributed by atoms with Gasteiger partial charge in [0.05, 0.1) is 20.8 Å². The molecule has 8 heteroatoms. The summed E-state index contributed by atoms with van der Waals surface area (Å²) in [6.07, 6.45) is 0. The fourth-order valence-corrected chi connectivity index (χ4v) is 4.88. The molecule has 3 aromatic rings. The molecule has 0 aliphatic rings. The zero-order valence-electron chi connectivity index (χ0n) is 17.6. The number of thioether (sulfide) groups is 1. The molecule has 0 aliphatic carbocycles. The number of carbonyl (C=O) groups excluding carboxylic acids is 1. The fraction of sp³-hybridized carbons (Fsp3) is 0.364. The van der Waals surface area contributed by atoms with Gasteiger partial charge in [0.15, 0.2) is 4.80 Å². The quantitative estimate of drug-likeness (QED) is 0.355. The number of carbonyl (C=O) groups is 1. The summed E-state index contributed by atoms with van der Waals surface area (Å²) < 4.78 is 19.5. The van der Waals surface area contributed by atoms with E-state index in [4.69, 9.17) is 14.2 Å². The van der Waals surface area contributed by atoms with Crippen molar-refractivity contribution >= 4 is 39.2 Å². The minimum absolute atomic E-state index is 0.280. The standard InChI is InChI=1S/C22H26N2O4S2/c1-5-28-14-13-24-19-17(26-3)11-12-18(27-4)20(19)30-22(24)23-21(25)15-7-9-16(10-8-15)29-6-2/h7-12H,5-6,13-14H2,1-4H3. The van der Waals surface area contributed by atoms with Crippen LogP contribution >= 0.6 is 23.1 Å². The largest absolute Gasteiger partial charge is 0.495 e. The van der Waals surface area contributed by atoms with Gasteiger partial charge in [-0.3, -0.25) is 4.79 Å². The summed E-state index contributed by atoms with van der Waals surface area (Å²) in [5.41, 5.74) is 1.41. The summed E-state index contributed by atoms with van der Waals surface area (Å²) in [5, 5.41) is 0. The molecule has 0 saturated heterocycles. The van der Waals surface area contributed by atoms with Gasteiger partial charge in [-0.15, -0.1) is 11.8 Å². The number of benzene rings is 2. The lowest BCUT2D eigenvalue weighted by atomic mass is 10.2. The molecule has 0 fully saturated rings. The van der Waals surface area contributed by atoms with E-state index < -0.39 is 0 Å². The van der Waals surface area contributed by atoms with E-state index in [0.717, 1.165) is 26.6 Å². The van der Waals surface area contributed by atoms with Crippen LogP contribution in [-0.4, -0.2) is 43.7 Å². The highest BCUT2D eigenvalue weighted by atomic mass is 32.2. The van der Waals surface area contributed by atoms with Crippen LogP contribution < -0.4 is 14.3 Å². The number of hydrogen-bond acceptors (Lipinski definition) is 6. The van der Waals surface area contributed by atoms with Crippen molar-refractivity contribution in [3.63, 3.8) is 0 Å². The summed E-state index contributed by atoms with van der Waals surface area (Å²) >= 11 is 3.15. The second-order valence-corrected chi connectivity index (χ2v) is 8.57. The first kappa shape index (κ1) is 22.4. The number of amides is 1. The highest BCUT2D eigenvalue weighted by Crippen LogP contribution is 2.35. The van der Waals surface area contributed by atoms with Crippen LogP contribution in [-0.2, 0) is 11.3 Å². The first-order valence-electron chi connectivity index (χ1n) is 9.76. The van der Waals surface area contributed by atoms with Crippen molar-refractivity contribution in [2.24, 2.45) is 4.99 Å². The monoisotopic (exact) mass is 446 g/mol. The Bertz CT molecular complexity index is 1070. The number of fused-ring (bicyclic) bond motifs is 1. The highest BCUT2D eigenvalue weighted by Gasteiger charge is 2.17. The lowest BCUT2D eigenvalue weighted by Gasteiger charge is -2.10. The molecule has 1 amide bonds. The Kier molecular flexibility index (Phi) is 7.95. The number of ether oxygens (including phenoxy) is 3. The minimum atomic E-state index is -0.280. The van der Waals surface area contributed by atoms with Crippen molar-refractivity contribution in [3.8, 4) is 11.5 Å². The van der Waals surface area contributed by atoms with E-state index >= 15 is 0 Å². The molecule has 0 saturated carbocycles. The Morgan fingerprint density at radius 2 is 1.77 bits per heavy atom. The molecule has 0 unspecified atom stereocenters. The van der Waals surface area contributed by atoms with Crippen molar-refractivity contribution in [2.45, 2.75) is 25.3 Å². The zero-order chi connectivity index (χ0) is 21.5. The summed E-state index contributed by atoms with van der Waals surface area (Å²) in [6.45, 7) is 5.73. The van der Waals surface area contributed by atoms with Crippen LogP contribution in [0.15, 0.2) is 46.3 Å². The van der Waals surface area contributed by atoms with E-state index in [2.05, 4.69) is 11.9 Å². The minimum Gasteiger partial charge on any atom is -0.495 e. The molecule has 0 bridgehead atoms. The van der Waals surface area contributed by atoms with Gasteiger partial charge in [-0.25, -0.2) is 0 Å². The Morgan fingerprint density at radius 3 is 2.40 bits per heavy atom. The molecule has 6 nitrogen and oxygen atoms in total. The number of nitrogens with zero attached hydrogens (tertiary/aromatic N) is 2. The van der Waals surface area contributed by atoms with Gasteiger partial charge in [-0.05, 0) is 49.1 Å². The molecule has 160 valence electrons. The van der Waals surface area contributed by atoms with E-state index in [1.54, 1.807) is 26.0 Å². The van der Waals surface area contributed by atoms with Crippen molar-refractivity contribution in [3.05, 3.63) is 46.8 Å². The van der Waals surface area contributed by atoms with Gasteiger partial charge in [0.25, 0.3) is 5.91 Å².